The Kier molecular flexibility index (Phi) is 3.51. The molecule has 0 aliphatic carbocycles. The number of carbonyl (C=O) groups is 1. The van der Waals surface area contributed by atoms with Crippen molar-refractivity contribution >= 4 is 33.8 Å². The van der Waals surface area contributed by atoms with E-state index in [2.05, 4.69) is 39.8 Å². The summed E-state index contributed by atoms with van der Waals surface area (Å²) in [5.74, 6) is 0.661. The van der Waals surface area contributed by atoms with Gasteiger partial charge in [0.15, 0.2) is 0 Å². The van der Waals surface area contributed by atoms with Crippen LogP contribution in [0.4, 0.5) is 5.95 Å². The summed E-state index contributed by atoms with van der Waals surface area (Å²) in [5, 5.41) is 15.6. The summed E-state index contributed by atoms with van der Waals surface area (Å²) in [5.41, 5.74) is 2.58. The van der Waals surface area contributed by atoms with Crippen LogP contribution in [0.2, 0.25) is 0 Å². The van der Waals surface area contributed by atoms with E-state index >= 15 is 0 Å². The highest BCUT2D eigenvalue weighted by Gasteiger charge is 2.19. The Morgan fingerprint density at radius 3 is 3.00 bits per heavy atom. The molecule has 2 N–H and O–H groups in total. The molecule has 24 heavy (non-hydrogen) atoms. The highest BCUT2D eigenvalue weighted by Crippen LogP contribution is 2.25. The molecule has 1 saturated heterocycles. The molecule has 1 amide bonds. The summed E-state index contributed by atoms with van der Waals surface area (Å²) in [6.45, 7) is 4.73. The number of fused-ring (bicyclic) bond motifs is 3. The number of aromatic nitrogens is 5. The Balaban J connectivity index is 1.74. The van der Waals surface area contributed by atoms with Crippen molar-refractivity contribution in [1.82, 2.24) is 30.3 Å². The predicted octanol–water partition coefficient (Wildman–Crippen LogP) is 1.65. The Labute approximate surface area is 138 Å². The lowest BCUT2D eigenvalue weighted by atomic mass is 10.1. The number of nitrogens with one attached hydrogen (secondary N) is 2. The number of anilines is 1. The quantitative estimate of drug-likeness (QED) is 0.760. The third-order valence-corrected chi connectivity index (χ3v) is 4.27. The van der Waals surface area contributed by atoms with Crippen molar-refractivity contribution in [3.8, 4) is 0 Å². The van der Waals surface area contributed by atoms with Crippen LogP contribution in [-0.2, 0) is 4.79 Å². The molecule has 8 heteroatoms. The maximum atomic E-state index is 11.3. The zero-order chi connectivity index (χ0) is 16.7. The van der Waals surface area contributed by atoms with E-state index in [1.165, 1.54) is 0 Å². The first kappa shape index (κ1) is 14.8. The van der Waals surface area contributed by atoms with E-state index < -0.39 is 0 Å². The smallest absolute Gasteiger partial charge is 0.223 e. The molecule has 1 fully saturated rings. The molecule has 3 heterocycles. The fourth-order valence-electron chi connectivity index (χ4n) is 2.99. The van der Waals surface area contributed by atoms with Crippen LogP contribution >= 0.6 is 0 Å². The lowest BCUT2D eigenvalue weighted by Gasteiger charge is -2.23. The summed E-state index contributed by atoms with van der Waals surface area (Å²) in [4.78, 5) is 20.4. The largest absolute Gasteiger partial charge is 0.354 e. The number of amides is 1. The number of piperidine rings is 1. The van der Waals surface area contributed by atoms with Crippen LogP contribution in [0.15, 0.2) is 18.3 Å². The van der Waals surface area contributed by atoms with Crippen LogP contribution in [0.3, 0.4) is 0 Å². The van der Waals surface area contributed by atoms with Crippen molar-refractivity contribution in [2.24, 2.45) is 0 Å². The van der Waals surface area contributed by atoms with Gasteiger partial charge in [0.05, 0.1) is 0 Å². The zero-order valence-electron chi connectivity index (χ0n) is 13.7. The standard InChI is InChI=1S/C16H19N7O/c1-9(2)23-15-12(21-22-23)5-3-10-7-18-16(20-14(10)15)19-11-4-6-13(24)17-8-11/h3,5,7,9,11H,4,6,8H2,1-2H3,(H,17,24)(H,18,19,20). The third kappa shape index (κ3) is 2.53. The molecule has 0 bridgehead atoms. The Hall–Kier alpha value is -2.77. The Morgan fingerprint density at radius 1 is 1.38 bits per heavy atom. The summed E-state index contributed by atoms with van der Waals surface area (Å²) < 4.78 is 1.88. The molecule has 0 saturated carbocycles. The van der Waals surface area contributed by atoms with Crippen molar-refractivity contribution in [2.45, 2.75) is 38.8 Å². The van der Waals surface area contributed by atoms with E-state index in [0.29, 0.717) is 18.9 Å². The highest BCUT2D eigenvalue weighted by atomic mass is 16.1. The number of carbonyl (C=O) groups excluding carboxylic acids is 1. The molecule has 2 aromatic heterocycles. The van der Waals surface area contributed by atoms with Crippen LogP contribution < -0.4 is 10.6 Å². The Morgan fingerprint density at radius 2 is 2.25 bits per heavy atom. The van der Waals surface area contributed by atoms with E-state index in [1.54, 1.807) is 0 Å². The fraction of sp³-hybridized carbons (Fsp3) is 0.438. The molecule has 0 spiro atoms. The van der Waals surface area contributed by atoms with E-state index in [4.69, 9.17) is 4.98 Å². The lowest BCUT2D eigenvalue weighted by Crippen LogP contribution is -2.42. The van der Waals surface area contributed by atoms with Crippen LogP contribution in [-0.4, -0.2) is 43.5 Å². The van der Waals surface area contributed by atoms with Crippen LogP contribution in [0.1, 0.15) is 32.7 Å². The van der Waals surface area contributed by atoms with Gasteiger partial charge >= 0.3 is 0 Å². The second-order valence-electron chi connectivity index (χ2n) is 6.38. The lowest BCUT2D eigenvalue weighted by molar-refractivity contribution is -0.122. The normalized spacial score (nSPS) is 18.3. The summed E-state index contributed by atoms with van der Waals surface area (Å²) in [6, 6.07) is 4.24. The molecular formula is C16H19N7O. The maximum Gasteiger partial charge on any atom is 0.223 e. The SMILES string of the molecule is CC(C)n1nnc2ccc3cnc(NC4CCC(=O)NC4)nc3c21. The molecule has 1 aliphatic rings. The summed E-state index contributed by atoms with van der Waals surface area (Å²) >= 11 is 0. The molecule has 0 radical (unpaired) electrons. The third-order valence-electron chi connectivity index (χ3n) is 4.27. The number of nitrogens with zero attached hydrogens (tertiary/aromatic N) is 5. The van der Waals surface area contributed by atoms with Gasteiger partial charge in [0.1, 0.15) is 16.6 Å². The summed E-state index contributed by atoms with van der Waals surface area (Å²) in [6.07, 6.45) is 3.12. The fourth-order valence-corrected chi connectivity index (χ4v) is 2.99. The van der Waals surface area contributed by atoms with Crippen molar-refractivity contribution in [2.75, 3.05) is 11.9 Å². The molecule has 1 aromatic carbocycles. The van der Waals surface area contributed by atoms with Gasteiger partial charge in [0.2, 0.25) is 11.9 Å². The zero-order valence-corrected chi connectivity index (χ0v) is 13.7. The molecule has 1 atom stereocenters. The van der Waals surface area contributed by atoms with Gasteiger partial charge in [-0.1, -0.05) is 5.21 Å². The van der Waals surface area contributed by atoms with Gasteiger partial charge in [-0.05, 0) is 32.4 Å². The molecule has 3 aromatic rings. The van der Waals surface area contributed by atoms with Gasteiger partial charge < -0.3 is 10.6 Å². The number of hydrogen-bond donors (Lipinski definition) is 2. The molecular weight excluding hydrogens is 306 g/mol. The van der Waals surface area contributed by atoms with Gasteiger partial charge in [0, 0.05) is 36.6 Å². The number of rotatable bonds is 3. The van der Waals surface area contributed by atoms with Crippen molar-refractivity contribution in [3.05, 3.63) is 18.3 Å². The maximum absolute atomic E-state index is 11.3. The second-order valence-corrected chi connectivity index (χ2v) is 6.38. The van der Waals surface area contributed by atoms with Gasteiger partial charge in [-0.2, -0.15) is 0 Å². The second kappa shape index (κ2) is 5.70. The highest BCUT2D eigenvalue weighted by molar-refractivity contribution is 6.01. The van der Waals surface area contributed by atoms with E-state index in [0.717, 1.165) is 28.4 Å². The van der Waals surface area contributed by atoms with Gasteiger partial charge in [0.25, 0.3) is 0 Å². The molecule has 124 valence electrons. The van der Waals surface area contributed by atoms with Gasteiger partial charge in [-0.25, -0.2) is 14.6 Å². The van der Waals surface area contributed by atoms with E-state index in [9.17, 15) is 4.79 Å². The Bertz CT molecular complexity index is 907. The average molecular weight is 325 g/mol. The van der Waals surface area contributed by atoms with Gasteiger partial charge in [-0.3, -0.25) is 4.79 Å². The van der Waals surface area contributed by atoms with Crippen LogP contribution in [0, 0.1) is 0 Å². The van der Waals surface area contributed by atoms with Crippen molar-refractivity contribution in [3.63, 3.8) is 0 Å². The van der Waals surface area contributed by atoms with Crippen molar-refractivity contribution in [1.29, 1.82) is 0 Å². The van der Waals surface area contributed by atoms with Crippen molar-refractivity contribution < 1.29 is 4.79 Å². The van der Waals surface area contributed by atoms with Crippen LogP contribution in [0.25, 0.3) is 21.9 Å². The van der Waals surface area contributed by atoms with Gasteiger partial charge in [-0.15, -0.1) is 5.10 Å². The minimum atomic E-state index is 0.0982. The van der Waals surface area contributed by atoms with Crippen LogP contribution in [0.5, 0.6) is 0 Å². The minimum Gasteiger partial charge on any atom is -0.354 e. The topological polar surface area (TPSA) is 97.6 Å². The molecule has 8 nitrogen and oxygen atoms in total. The molecule has 1 unspecified atom stereocenters. The molecule has 4 rings (SSSR count). The monoisotopic (exact) mass is 325 g/mol. The first-order valence-corrected chi connectivity index (χ1v) is 8.15. The first-order chi connectivity index (χ1) is 11.6. The molecule has 1 aliphatic heterocycles. The first-order valence-electron chi connectivity index (χ1n) is 8.15. The summed E-state index contributed by atoms with van der Waals surface area (Å²) in [7, 11) is 0. The predicted molar refractivity (Wildman–Crippen MR) is 90.7 cm³/mol. The average Bonchev–Trinajstić information content (AvgIpc) is 3.02. The number of benzene rings is 1. The van der Waals surface area contributed by atoms with E-state index in [1.807, 2.05) is 23.0 Å². The minimum absolute atomic E-state index is 0.0982. The van der Waals surface area contributed by atoms with E-state index in [-0.39, 0.29) is 18.0 Å². The number of hydrogen-bond acceptors (Lipinski definition) is 6.